The van der Waals surface area contributed by atoms with Crippen LogP contribution in [0.3, 0.4) is 0 Å². The van der Waals surface area contributed by atoms with E-state index in [2.05, 4.69) is 22.6 Å². The van der Waals surface area contributed by atoms with Crippen LogP contribution in [0.2, 0.25) is 0 Å². The molecule has 0 aromatic carbocycles. The van der Waals surface area contributed by atoms with Crippen molar-refractivity contribution in [1.82, 2.24) is 0 Å². The Bertz CT molecular complexity index is 166. The summed E-state index contributed by atoms with van der Waals surface area (Å²) in [7, 11) is 1.72. The van der Waals surface area contributed by atoms with E-state index in [1.54, 1.807) is 7.11 Å². The predicted molar refractivity (Wildman–Crippen MR) is 73.3 cm³/mol. The molecule has 16 heavy (non-hydrogen) atoms. The third-order valence-electron chi connectivity index (χ3n) is 2.82. The molecule has 1 saturated carbocycles. The van der Waals surface area contributed by atoms with E-state index in [0.29, 0.717) is 16.6 Å². The molecule has 2 unspecified atom stereocenters. The highest BCUT2D eigenvalue weighted by Crippen LogP contribution is 2.27. The first-order valence-electron chi connectivity index (χ1n) is 6.17. The summed E-state index contributed by atoms with van der Waals surface area (Å²) < 4.78 is 16.9. The average molecular weight is 342 g/mol. The molecule has 0 amide bonds. The van der Waals surface area contributed by atoms with E-state index in [4.69, 9.17) is 14.2 Å². The van der Waals surface area contributed by atoms with E-state index in [9.17, 15) is 0 Å². The Morgan fingerprint density at radius 2 is 1.88 bits per heavy atom. The van der Waals surface area contributed by atoms with Gasteiger partial charge in [-0.15, -0.1) is 0 Å². The van der Waals surface area contributed by atoms with Crippen molar-refractivity contribution in [1.29, 1.82) is 0 Å². The van der Waals surface area contributed by atoms with Crippen LogP contribution < -0.4 is 0 Å². The number of alkyl halides is 1. The van der Waals surface area contributed by atoms with Gasteiger partial charge in [-0.1, -0.05) is 35.4 Å². The standard InChI is InChI=1S/C12H23IO3/c1-14-7-4-8-15-9-10-16-12-6-3-2-5-11(12)13/h11-12H,2-10H2,1H3. The van der Waals surface area contributed by atoms with Gasteiger partial charge in [0.25, 0.3) is 0 Å². The molecule has 0 radical (unpaired) electrons. The summed E-state index contributed by atoms with van der Waals surface area (Å²) in [6.45, 7) is 3.00. The number of rotatable bonds is 8. The molecule has 0 aromatic heterocycles. The summed E-state index contributed by atoms with van der Waals surface area (Å²) in [6, 6.07) is 0. The van der Waals surface area contributed by atoms with Gasteiger partial charge < -0.3 is 14.2 Å². The van der Waals surface area contributed by atoms with Crippen molar-refractivity contribution < 1.29 is 14.2 Å². The maximum absolute atomic E-state index is 5.84. The number of hydrogen-bond donors (Lipinski definition) is 0. The molecule has 1 rings (SSSR count). The summed E-state index contributed by atoms with van der Waals surface area (Å²) in [5.74, 6) is 0. The molecule has 3 nitrogen and oxygen atoms in total. The van der Waals surface area contributed by atoms with Gasteiger partial charge in [0.15, 0.2) is 0 Å². The Balaban J connectivity index is 1.90. The Hall–Kier alpha value is 0.610. The number of hydrogen-bond acceptors (Lipinski definition) is 3. The van der Waals surface area contributed by atoms with Gasteiger partial charge in [-0.05, 0) is 19.3 Å². The molecule has 1 fully saturated rings. The normalized spacial score (nSPS) is 25.9. The van der Waals surface area contributed by atoms with Crippen LogP contribution in [0.4, 0.5) is 0 Å². The Morgan fingerprint density at radius 3 is 2.62 bits per heavy atom. The molecular formula is C12H23IO3. The lowest BCUT2D eigenvalue weighted by atomic mass is 9.98. The highest BCUT2D eigenvalue weighted by Gasteiger charge is 2.22. The van der Waals surface area contributed by atoms with Crippen LogP contribution in [0, 0.1) is 0 Å². The lowest BCUT2D eigenvalue weighted by Crippen LogP contribution is -2.29. The largest absolute Gasteiger partial charge is 0.385 e. The first kappa shape index (κ1) is 14.7. The van der Waals surface area contributed by atoms with E-state index >= 15 is 0 Å². The molecule has 0 aromatic rings. The molecule has 1 aliphatic carbocycles. The first-order valence-corrected chi connectivity index (χ1v) is 7.41. The van der Waals surface area contributed by atoms with Crippen LogP contribution in [0.15, 0.2) is 0 Å². The van der Waals surface area contributed by atoms with Gasteiger partial charge in [0.1, 0.15) is 0 Å². The summed E-state index contributed by atoms with van der Waals surface area (Å²) in [4.78, 5) is 0. The Morgan fingerprint density at radius 1 is 1.06 bits per heavy atom. The zero-order chi connectivity index (χ0) is 11.6. The fourth-order valence-electron chi connectivity index (χ4n) is 1.91. The van der Waals surface area contributed by atoms with Crippen LogP contribution in [-0.4, -0.2) is 43.6 Å². The molecule has 0 aliphatic heterocycles. The maximum atomic E-state index is 5.84. The van der Waals surface area contributed by atoms with Crippen LogP contribution in [0.25, 0.3) is 0 Å². The van der Waals surface area contributed by atoms with Crippen LogP contribution >= 0.6 is 22.6 Å². The molecule has 0 spiro atoms. The van der Waals surface area contributed by atoms with E-state index < -0.39 is 0 Å². The zero-order valence-electron chi connectivity index (χ0n) is 10.1. The van der Waals surface area contributed by atoms with E-state index in [1.807, 2.05) is 0 Å². The maximum Gasteiger partial charge on any atom is 0.0704 e. The second-order valence-corrected chi connectivity index (χ2v) is 5.77. The van der Waals surface area contributed by atoms with Gasteiger partial charge >= 0.3 is 0 Å². The molecule has 1 aliphatic rings. The number of ether oxygens (including phenoxy) is 3. The third kappa shape index (κ3) is 6.37. The van der Waals surface area contributed by atoms with Crippen molar-refractivity contribution >= 4 is 22.6 Å². The fraction of sp³-hybridized carbons (Fsp3) is 1.00. The van der Waals surface area contributed by atoms with Gasteiger partial charge in [0.05, 0.1) is 19.3 Å². The Labute approximate surface area is 112 Å². The molecule has 0 N–H and O–H groups in total. The highest BCUT2D eigenvalue weighted by atomic mass is 127. The van der Waals surface area contributed by atoms with Crippen molar-refractivity contribution in [3.63, 3.8) is 0 Å². The van der Waals surface area contributed by atoms with Crippen molar-refractivity contribution in [3.05, 3.63) is 0 Å². The zero-order valence-corrected chi connectivity index (χ0v) is 12.3. The molecule has 0 heterocycles. The molecule has 96 valence electrons. The SMILES string of the molecule is COCCCOCCOC1CCCCC1I. The lowest BCUT2D eigenvalue weighted by molar-refractivity contribution is -0.00754. The summed E-state index contributed by atoms with van der Waals surface area (Å²) >= 11 is 2.52. The summed E-state index contributed by atoms with van der Waals surface area (Å²) in [5.41, 5.74) is 0. The highest BCUT2D eigenvalue weighted by molar-refractivity contribution is 14.1. The van der Waals surface area contributed by atoms with Crippen LogP contribution in [0.5, 0.6) is 0 Å². The minimum Gasteiger partial charge on any atom is -0.385 e. The monoisotopic (exact) mass is 342 g/mol. The lowest BCUT2D eigenvalue weighted by Gasteiger charge is -2.27. The van der Waals surface area contributed by atoms with E-state index in [-0.39, 0.29) is 0 Å². The fourth-order valence-corrected chi connectivity index (χ4v) is 2.91. The number of methoxy groups -OCH3 is 1. The summed E-state index contributed by atoms with van der Waals surface area (Å²) in [6.07, 6.45) is 6.63. The predicted octanol–water partition coefficient (Wildman–Crippen LogP) is 2.80. The molecule has 0 saturated heterocycles. The first-order chi connectivity index (χ1) is 7.84. The minimum absolute atomic E-state index is 0.455. The van der Waals surface area contributed by atoms with Gasteiger partial charge in [-0.2, -0.15) is 0 Å². The van der Waals surface area contributed by atoms with Crippen LogP contribution in [0.1, 0.15) is 32.1 Å². The van der Waals surface area contributed by atoms with E-state index in [1.165, 1.54) is 25.7 Å². The van der Waals surface area contributed by atoms with Gasteiger partial charge in [0, 0.05) is 24.2 Å². The van der Waals surface area contributed by atoms with Crippen molar-refractivity contribution in [2.45, 2.75) is 42.1 Å². The van der Waals surface area contributed by atoms with Crippen LogP contribution in [-0.2, 0) is 14.2 Å². The second kappa shape index (κ2) is 9.62. The van der Waals surface area contributed by atoms with Crippen molar-refractivity contribution in [3.8, 4) is 0 Å². The quantitative estimate of drug-likeness (QED) is 0.386. The molecule has 4 heteroatoms. The third-order valence-corrected chi connectivity index (χ3v) is 4.24. The smallest absolute Gasteiger partial charge is 0.0704 e. The summed E-state index contributed by atoms with van der Waals surface area (Å²) in [5, 5.41) is 0. The topological polar surface area (TPSA) is 27.7 Å². The molecule has 0 bridgehead atoms. The second-order valence-electron chi connectivity index (χ2n) is 4.17. The molecule has 2 atom stereocenters. The van der Waals surface area contributed by atoms with Crippen molar-refractivity contribution in [2.75, 3.05) is 33.5 Å². The van der Waals surface area contributed by atoms with Gasteiger partial charge in [-0.3, -0.25) is 0 Å². The van der Waals surface area contributed by atoms with Crippen molar-refractivity contribution in [2.24, 2.45) is 0 Å². The van der Waals surface area contributed by atoms with E-state index in [0.717, 1.165) is 26.2 Å². The average Bonchev–Trinajstić information content (AvgIpc) is 2.30. The van der Waals surface area contributed by atoms with Gasteiger partial charge in [0.2, 0.25) is 0 Å². The number of halogens is 1. The minimum atomic E-state index is 0.455. The van der Waals surface area contributed by atoms with Gasteiger partial charge in [-0.25, -0.2) is 0 Å². The molecular weight excluding hydrogens is 319 g/mol. The Kier molecular flexibility index (Phi) is 8.82.